The normalized spacial score (nSPS) is 18.0. The molecular formula is C28H43ClN4O5. The van der Waals surface area contributed by atoms with Gasteiger partial charge in [-0.3, -0.25) is 4.79 Å². The summed E-state index contributed by atoms with van der Waals surface area (Å²) in [6.45, 7) is 6.45. The number of ether oxygens (including phenoxy) is 1. The molecule has 1 atom stereocenters. The Kier molecular flexibility index (Phi) is 11.1. The van der Waals surface area contributed by atoms with Gasteiger partial charge in [-0.25, -0.2) is 9.59 Å². The molecule has 4 amide bonds. The van der Waals surface area contributed by atoms with Crippen molar-refractivity contribution in [2.24, 2.45) is 0 Å². The standard InChI is InChI=1S/C28H43ClN4O5/c1-28(2,3)38-27(37)31-24(19-20-9-11-21(29)12-10-20)25(35)32-16-13-23(14-17-32)33(26(36)30-15-18-34)22-7-5-4-6-8-22/h9-12,22-24,34H,4-8,13-19H2,1-3H3,(H,30,36)(H,31,37)/t24-/m1/s1. The van der Waals surface area contributed by atoms with Crippen LogP contribution >= 0.6 is 11.6 Å². The van der Waals surface area contributed by atoms with Crippen LogP contribution in [0.15, 0.2) is 24.3 Å². The van der Waals surface area contributed by atoms with Crippen LogP contribution in [0.25, 0.3) is 0 Å². The first-order valence-electron chi connectivity index (χ1n) is 13.8. The van der Waals surface area contributed by atoms with E-state index in [0.717, 1.165) is 31.2 Å². The lowest BCUT2D eigenvalue weighted by molar-refractivity contribution is -0.135. The molecule has 0 spiro atoms. The summed E-state index contributed by atoms with van der Waals surface area (Å²) in [4.78, 5) is 43.0. The van der Waals surface area contributed by atoms with E-state index >= 15 is 0 Å². The van der Waals surface area contributed by atoms with Gasteiger partial charge >= 0.3 is 12.1 Å². The molecule has 0 unspecified atom stereocenters. The second-order valence-corrected chi connectivity index (χ2v) is 11.7. The maximum atomic E-state index is 13.6. The van der Waals surface area contributed by atoms with Crippen LogP contribution in [0.4, 0.5) is 9.59 Å². The number of piperidine rings is 1. The Balaban J connectivity index is 1.68. The second kappa shape index (κ2) is 14.0. The first-order chi connectivity index (χ1) is 18.1. The van der Waals surface area contributed by atoms with Gasteiger partial charge in [-0.05, 0) is 64.2 Å². The van der Waals surface area contributed by atoms with Gasteiger partial charge in [-0.2, -0.15) is 0 Å². The van der Waals surface area contributed by atoms with Crippen molar-refractivity contribution in [3.05, 3.63) is 34.9 Å². The first kappa shape index (κ1) is 30.0. The number of likely N-dealkylation sites (tertiary alicyclic amines) is 1. The number of carbonyl (C=O) groups excluding carboxylic acids is 3. The third-order valence-electron chi connectivity index (χ3n) is 7.10. The van der Waals surface area contributed by atoms with E-state index in [0.29, 0.717) is 37.4 Å². The molecule has 1 aromatic carbocycles. The Morgan fingerprint density at radius 3 is 2.24 bits per heavy atom. The van der Waals surface area contributed by atoms with Gasteiger partial charge in [-0.1, -0.05) is 43.0 Å². The zero-order valence-corrected chi connectivity index (χ0v) is 23.6. The zero-order chi connectivity index (χ0) is 27.7. The molecule has 2 fully saturated rings. The summed E-state index contributed by atoms with van der Waals surface area (Å²) < 4.78 is 5.43. The summed E-state index contributed by atoms with van der Waals surface area (Å²) in [5, 5.41) is 15.4. The van der Waals surface area contributed by atoms with E-state index in [1.54, 1.807) is 37.8 Å². The highest BCUT2D eigenvalue weighted by Gasteiger charge is 2.36. The molecule has 212 valence electrons. The molecule has 0 bridgehead atoms. The highest BCUT2D eigenvalue weighted by molar-refractivity contribution is 6.30. The summed E-state index contributed by atoms with van der Waals surface area (Å²) >= 11 is 6.03. The number of rotatable bonds is 8. The fraction of sp³-hybridized carbons (Fsp3) is 0.679. The Bertz CT molecular complexity index is 922. The van der Waals surface area contributed by atoms with Gasteiger partial charge in [0.1, 0.15) is 11.6 Å². The molecule has 0 radical (unpaired) electrons. The molecule has 3 N–H and O–H groups in total. The summed E-state index contributed by atoms with van der Waals surface area (Å²) in [6, 6.07) is 6.50. The minimum absolute atomic E-state index is 0.0226. The number of carbonyl (C=O) groups is 3. The summed E-state index contributed by atoms with van der Waals surface area (Å²) in [7, 11) is 0. The van der Waals surface area contributed by atoms with Crippen molar-refractivity contribution < 1.29 is 24.2 Å². The predicted molar refractivity (Wildman–Crippen MR) is 147 cm³/mol. The van der Waals surface area contributed by atoms with Gasteiger partial charge in [0, 0.05) is 43.2 Å². The third-order valence-corrected chi connectivity index (χ3v) is 7.35. The molecule has 38 heavy (non-hydrogen) atoms. The Labute approximate surface area is 231 Å². The fourth-order valence-corrected chi connectivity index (χ4v) is 5.46. The summed E-state index contributed by atoms with van der Waals surface area (Å²) in [6.07, 6.45) is 6.36. The molecule has 3 rings (SSSR count). The molecule has 1 aromatic rings. The van der Waals surface area contributed by atoms with E-state index in [9.17, 15) is 19.5 Å². The molecule has 1 aliphatic carbocycles. The largest absolute Gasteiger partial charge is 0.444 e. The summed E-state index contributed by atoms with van der Waals surface area (Å²) in [5.41, 5.74) is 0.192. The minimum Gasteiger partial charge on any atom is -0.444 e. The molecule has 1 saturated heterocycles. The monoisotopic (exact) mass is 550 g/mol. The molecule has 9 nitrogen and oxygen atoms in total. The van der Waals surface area contributed by atoms with Gasteiger partial charge in [-0.15, -0.1) is 0 Å². The van der Waals surface area contributed by atoms with Crippen molar-refractivity contribution in [1.29, 1.82) is 0 Å². The maximum Gasteiger partial charge on any atom is 0.408 e. The summed E-state index contributed by atoms with van der Waals surface area (Å²) in [5.74, 6) is -0.168. The Morgan fingerprint density at radius 2 is 1.66 bits per heavy atom. The zero-order valence-electron chi connectivity index (χ0n) is 22.9. The molecule has 1 aliphatic heterocycles. The number of halogens is 1. The van der Waals surface area contributed by atoms with Gasteiger partial charge < -0.3 is 30.3 Å². The highest BCUT2D eigenvalue weighted by atomic mass is 35.5. The number of urea groups is 1. The molecule has 0 aromatic heterocycles. The van der Waals surface area contributed by atoms with Crippen LogP contribution in [0, 0.1) is 0 Å². The first-order valence-corrected chi connectivity index (χ1v) is 14.1. The van der Waals surface area contributed by atoms with Crippen LogP contribution in [-0.2, 0) is 16.0 Å². The number of amides is 4. The van der Waals surface area contributed by atoms with Gasteiger partial charge in [0.2, 0.25) is 5.91 Å². The number of nitrogens with zero attached hydrogens (tertiary/aromatic N) is 2. The average molecular weight is 551 g/mol. The van der Waals surface area contributed by atoms with Crippen molar-refractivity contribution in [2.75, 3.05) is 26.2 Å². The van der Waals surface area contributed by atoms with Crippen LogP contribution in [0.1, 0.15) is 71.3 Å². The number of hydrogen-bond donors (Lipinski definition) is 3. The van der Waals surface area contributed by atoms with Gasteiger partial charge in [0.05, 0.1) is 6.61 Å². The molecule has 1 saturated carbocycles. The lowest BCUT2D eigenvalue weighted by Crippen LogP contribution is -2.58. The van der Waals surface area contributed by atoms with E-state index in [1.165, 1.54) is 6.42 Å². The van der Waals surface area contributed by atoms with Crippen LogP contribution < -0.4 is 10.6 Å². The maximum absolute atomic E-state index is 13.6. The smallest absolute Gasteiger partial charge is 0.408 e. The highest BCUT2D eigenvalue weighted by Crippen LogP contribution is 2.28. The SMILES string of the molecule is CC(C)(C)OC(=O)N[C@H](Cc1ccc(Cl)cc1)C(=O)N1CCC(N(C(=O)NCCO)C2CCCCC2)CC1. The fourth-order valence-electron chi connectivity index (χ4n) is 5.33. The van der Waals surface area contributed by atoms with E-state index in [1.807, 2.05) is 17.0 Å². The van der Waals surface area contributed by atoms with Crippen LogP contribution in [0.2, 0.25) is 5.02 Å². The molecular weight excluding hydrogens is 508 g/mol. The minimum atomic E-state index is -0.787. The van der Waals surface area contributed by atoms with Crippen molar-refractivity contribution in [2.45, 2.75) is 95.9 Å². The number of hydrogen-bond acceptors (Lipinski definition) is 5. The quantitative estimate of drug-likeness (QED) is 0.451. The van der Waals surface area contributed by atoms with E-state index in [-0.39, 0.29) is 37.2 Å². The number of benzene rings is 1. The van der Waals surface area contributed by atoms with Crippen LogP contribution in [0.5, 0.6) is 0 Å². The van der Waals surface area contributed by atoms with Crippen molar-refractivity contribution in [1.82, 2.24) is 20.4 Å². The molecule has 2 aliphatic rings. The van der Waals surface area contributed by atoms with Crippen molar-refractivity contribution >= 4 is 29.6 Å². The number of aliphatic hydroxyl groups excluding tert-OH is 1. The third kappa shape index (κ3) is 9.05. The average Bonchev–Trinajstić information content (AvgIpc) is 2.88. The van der Waals surface area contributed by atoms with Crippen molar-refractivity contribution in [3.8, 4) is 0 Å². The lowest BCUT2D eigenvalue weighted by Gasteiger charge is -2.44. The Hall–Kier alpha value is -2.52. The Morgan fingerprint density at radius 1 is 1.05 bits per heavy atom. The number of aliphatic hydroxyl groups is 1. The van der Waals surface area contributed by atoms with E-state index in [4.69, 9.17) is 16.3 Å². The number of nitrogens with one attached hydrogen (secondary N) is 2. The topological polar surface area (TPSA) is 111 Å². The van der Waals surface area contributed by atoms with Gasteiger partial charge in [0.25, 0.3) is 0 Å². The van der Waals surface area contributed by atoms with Crippen LogP contribution in [0.3, 0.4) is 0 Å². The second-order valence-electron chi connectivity index (χ2n) is 11.2. The number of alkyl carbamates (subject to hydrolysis) is 1. The lowest BCUT2D eigenvalue weighted by atomic mass is 9.91. The predicted octanol–water partition coefficient (Wildman–Crippen LogP) is 4.10. The van der Waals surface area contributed by atoms with E-state index in [2.05, 4.69) is 10.6 Å². The van der Waals surface area contributed by atoms with Gasteiger partial charge in [0.15, 0.2) is 0 Å². The van der Waals surface area contributed by atoms with Crippen LogP contribution in [-0.4, -0.2) is 82.9 Å². The molecule has 10 heteroatoms. The van der Waals surface area contributed by atoms with Crippen molar-refractivity contribution in [3.63, 3.8) is 0 Å². The molecule has 1 heterocycles. The van der Waals surface area contributed by atoms with E-state index < -0.39 is 17.7 Å².